The monoisotopic (exact) mass is 511 g/mol. The van der Waals surface area contributed by atoms with Crippen LogP contribution in [0.3, 0.4) is 0 Å². The molecule has 38 heavy (non-hydrogen) atoms. The molecule has 0 fully saturated rings. The Morgan fingerprint density at radius 1 is 1.00 bits per heavy atom. The summed E-state index contributed by atoms with van der Waals surface area (Å²) in [5.41, 5.74) is 3.65. The molecule has 4 rings (SSSR count). The number of para-hydroxylation sites is 4. The summed E-state index contributed by atoms with van der Waals surface area (Å²) in [5, 5.41) is 5.65. The molecule has 1 heterocycles. The molecule has 1 aliphatic heterocycles. The average molecular weight is 512 g/mol. The van der Waals surface area contributed by atoms with Crippen LogP contribution in [0.1, 0.15) is 45.2 Å². The minimum atomic E-state index is -1.02. The second-order valence-corrected chi connectivity index (χ2v) is 10.1. The number of anilines is 3. The van der Waals surface area contributed by atoms with Gasteiger partial charge in [-0.3, -0.25) is 19.3 Å². The number of amides is 3. The zero-order chi connectivity index (χ0) is 27.3. The summed E-state index contributed by atoms with van der Waals surface area (Å²) < 4.78 is 5.59. The largest absolute Gasteiger partial charge is 0.492 e. The molecule has 3 aromatic rings. The summed E-state index contributed by atoms with van der Waals surface area (Å²) in [7, 11) is 0. The number of nitrogens with one attached hydrogen (secondary N) is 2. The van der Waals surface area contributed by atoms with E-state index in [-0.39, 0.29) is 17.7 Å². The molecular formula is C31H33N3O4. The molecule has 0 saturated carbocycles. The lowest BCUT2D eigenvalue weighted by atomic mass is 9.87. The molecule has 1 aliphatic rings. The number of carbonyl (C=O) groups is 3. The first-order chi connectivity index (χ1) is 18.2. The van der Waals surface area contributed by atoms with Crippen molar-refractivity contribution in [2.75, 3.05) is 22.1 Å². The Morgan fingerprint density at radius 3 is 2.39 bits per heavy atom. The van der Waals surface area contributed by atoms with E-state index in [4.69, 9.17) is 4.74 Å². The van der Waals surface area contributed by atoms with E-state index in [2.05, 4.69) is 31.4 Å². The number of rotatable bonds is 7. The number of hydrogen-bond donors (Lipinski definition) is 2. The molecule has 0 unspecified atom stereocenters. The lowest BCUT2D eigenvalue weighted by Crippen LogP contribution is -2.52. The van der Waals surface area contributed by atoms with E-state index in [1.165, 1.54) is 16.5 Å². The van der Waals surface area contributed by atoms with Gasteiger partial charge in [-0.2, -0.15) is 0 Å². The van der Waals surface area contributed by atoms with Crippen LogP contribution in [0.5, 0.6) is 5.75 Å². The van der Waals surface area contributed by atoms with Crippen molar-refractivity contribution >= 4 is 40.9 Å². The van der Waals surface area contributed by atoms with Gasteiger partial charge in [0.05, 0.1) is 30.1 Å². The molecule has 0 radical (unpaired) electrons. The van der Waals surface area contributed by atoms with Crippen LogP contribution >= 0.6 is 0 Å². The highest BCUT2D eigenvalue weighted by Gasteiger charge is 2.37. The highest BCUT2D eigenvalue weighted by Crippen LogP contribution is 2.34. The van der Waals surface area contributed by atoms with Crippen LogP contribution in [-0.4, -0.2) is 30.4 Å². The van der Waals surface area contributed by atoms with Crippen molar-refractivity contribution < 1.29 is 19.1 Å². The Kier molecular flexibility index (Phi) is 7.96. The van der Waals surface area contributed by atoms with Gasteiger partial charge in [-0.1, -0.05) is 69.3 Å². The number of ether oxygens (including phenoxy) is 1. The van der Waals surface area contributed by atoms with Gasteiger partial charge in [-0.05, 0) is 53.8 Å². The first kappa shape index (κ1) is 26.7. The third kappa shape index (κ3) is 6.11. The molecule has 3 aromatic carbocycles. The fraction of sp³-hybridized carbons (Fsp3) is 0.258. The van der Waals surface area contributed by atoms with Gasteiger partial charge in [-0.25, -0.2) is 0 Å². The molecule has 7 heteroatoms. The second kappa shape index (κ2) is 11.3. The van der Waals surface area contributed by atoms with Crippen LogP contribution in [0, 0.1) is 0 Å². The summed E-state index contributed by atoms with van der Waals surface area (Å²) in [6.45, 7) is 8.74. The van der Waals surface area contributed by atoms with Crippen LogP contribution in [0.4, 0.5) is 17.1 Å². The Hall–Kier alpha value is -4.39. The van der Waals surface area contributed by atoms with Gasteiger partial charge in [0.25, 0.3) is 5.91 Å². The Morgan fingerprint density at radius 2 is 1.68 bits per heavy atom. The van der Waals surface area contributed by atoms with Crippen molar-refractivity contribution in [3.8, 4) is 5.75 Å². The minimum Gasteiger partial charge on any atom is -0.492 e. The molecule has 1 atom stereocenters. The quantitative estimate of drug-likeness (QED) is 0.394. The van der Waals surface area contributed by atoms with Crippen LogP contribution in [0.25, 0.3) is 6.08 Å². The second-order valence-electron chi connectivity index (χ2n) is 10.1. The minimum absolute atomic E-state index is 0.0277. The third-order valence-electron chi connectivity index (χ3n) is 6.31. The molecule has 7 nitrogen and oxygen atoms in total. The maximum absolute atomic E-state index is 13.5. The molecule has 0 bridgehead atoms. The summed E-state index contributed by atoms with van der Waals surface area (Å²) >= 11 is 0. The average Bonchev–Trinajstić information content (AvgIpc) is 2.88. The predicted molar refractivity (Wildman–Crippen MR) is 151 cm³/mol. The van der Waals surface area contributed by atoms with Crippen LogP contribution in [0.15, 0.2) is 78.9 Å². The van der Waals surface area contributed by atoms with E-state index in [9.17, 15) is 14.4 Å². The lowest BCUT2D eigenvalue weighted by molar-refractivity contribution is -0.124. The molecule has 0 spiro atoms. The Balaban J connectivity index is 1.58. The first-order valence-electron chi connectivity index (χ1n) is 12.7. The molecule has 3 amide bonds. The number of nitrogens with zero attached hydrogens (tertiary/aromatic N) is 1. The van der Waals surface area contributed by atoms with Crippen molar-refractivity contribution in [2.24, 2.45) is 0 Å². The van der Waals surface area contributed by atoms with E-state index in [0.29, 0.717) is 29.4 Å². The summed E-state index contributed by atoms with van der Waals surface area (Å²) in [5.74, 6) is -0.681. The number of carbonyl (C=O) groups excluding carboxylic acids is 3. The smallest absolute Gasteiger partial charge is 0.251 e. The van der Waals surface area contributed by atoms with Crippen molar-refractivity contribution in [2.45, 2.75) is 45.6 Å². The van der Waals surface area contributed by atoms with Gasteiger partial charge in [0.1, 0.15) is 11.8 Å². The first-order valence-corrected chi connectivity index (χ1v) is 12.7. The van der Waals surface area contributed by atoms with Gasteiger partial charge in [0.2, 0.25) is 11.8 Å². The number of hydrogen-bond acceptors (Lipinski definition) is 4. The van der Waals surface area contributed by atoms with Crippen LogP contribution < -0.4 is 20.3 Å². The zero-order valence-electron chi connectivity index (χ0n) is 22.2. The Labute approximate surface area is 223 Å². The van der Waals surface area contributed by atoms with Gasteiger partial charge in [0, 0.05) is 6.08 Å². The molecule has 0 aromatic heterocycles. The SMILES string of the molecule is CCOc1ccccc1NC(=O)C[C@H]1C(=O)Nc2ccccc2N1C(=O)/C=C/c1ccc(C(C)(C)C)cc1. The summed E-state index contributed by atoms with van der Waals surface area (Å²) in [6.07, 6.45) is 2.94. The Bertz CT molecular complexity index is 1360. The van der Waals surface area contributed by atoms with E-state index in [1.54, 1.807) is 48.5 Å². The van der Waals surface area contributed by atoms with Gasteiger partial charge < -0.3 is 15.4 Å². The third-order valence-corrected chi connectivity index (χ3v) is 6.31. The maximum atomic E-state index is 13.5. The number of benzene rings is 3. The van der Waals surface area contributed by atoms with Gasteiger partial charge in [0.15, 0.2) is 0 Å². The van der Waals surface area contributed by atoms with Crippen molar-refractivity contribution in [3.63, 3.8) is 0 Å². The molecule has 196 valence electrons. The van der Waals surface area contributed by atoms with Crippen LogP contribution in [0.2, 0.25) is 0 Å². The highest BCUT2D eigenvalue weighted by atomic mass is 16.5. The molecule has 0 saturated heterocycles. The summed E-state index contributed by atoms with van der Waals surface area (Å²) in [4.78, 5) is 41.0. The molecule has 0 aliphatic carbocycles. The van der Waals surface area contributed by atoms with Crippen LogP contribution in [-0.2, 0) is 19.8 Å². The molecular weight excluding hydrogens is 478 g/mol. The van der Waals surface area contributed by atoms with Crippen molar-refractivity contribution in [1.29, 1.82) is 0 Å². The van der Waals surface area contributed by atoms with E-state index >= 15 is 0 Å². The molecule has 2 N–H and O–H groups in total. The standard InChI is InChI=1S/C31H33N3O4/c1-5-38-27-13-9-7-11-24(27)32-28(35)20-26-30(37)33-23-10-6-8-12-25(23)34(26)29(36)19-16-21-14-17-22(18-15-21)31(2,3)4/h6-19,26H,5,20H2,1-4H3,(H,32,35)(H,33,37)/b19-16+/t26-/m0/s1. The topological polar surface area (TPSA) is 87.7 Å². The maximum Gasteiger partial charge on any atom is 0.251 e. The fourth-order valence-corrected chi connectivity index (χ4v) is 4.32. The lowest BCUT2D eigenvalue weighted by Gasteiger charge is -2.35. The van der Waals surface area contributed by atoms with Crippen molar-refractivity contribution in [3.05, 3.63) is 90.0 Å². The van der Waals surface area contributed by atoms with E-state index in [0.717, 1.165) is 5.56 Å². The summed E-state index contributed by atoms with van der Waals surface area (Å²) in [6, 6.07) is 21.1. The van der Waals surface area contributed by atoms with E-state index < -0.39 is 17.9 Å². The predicted octanol–water partition coefficient (Wildman–Crippen LogP) is 5.78. The van der Waals surface area contributed by atoms with Gasteiger partial charge >= 0.3 is 0 Å². The number of fused-ring (bicyclic) bond motifs is 1. The van der Waals surface area contributed by atoms with E-state index in [1.807, 2.05) is 37.3 Å². The fourth-order valence-electron chi connectivity index (χ4n) is 4.32. The van der Waals surface area contributed by atoms with Crippen molar-refractivity contribution in [1.82, 2.24) is 0 Å². The zero-order valence-corrected chi connectivity index (χ0v) is 22.2. The normalized spacial score (nSPS) is 15.1. The van der Waals surface area contributed by atoms with Gasteiger partial charge in [-0.15, -0.1) is 0 Å². The highest BCUT2D eigenvalue weighted by molar-refractivity contribution is 6.16.